The molecular formula is C17H26N2O2. The summed E-state index contributed by atoms with van der Waals surface area (Å²) in [7, 11) is 0. The van der Waals surface area contributed by atoms with Crippen LogP contribution in [-0.2, 0) is 4.74 Å². The van der Waals surface area contributed by atoms with Crippen molar-refractivity contribution in [1.82, 2.24) is 0 Å². The highest BCUT2D eigenvalue weighted by Crippen LogP contribution is 2.28. The maximum atomic E-state index is 11.8. The Labute approximate surface area is 127 Å². The van der Waals surface area contributed by atoms with Crippen molar-refractivity contribution < 1.29 is 9.53 Å². The molecule has 1 saturated carbocycles. The minimum absolute atomic E-state index is 0.422. The van der Waals surface area contributed by atoms with Crippen molar-refractivity contribution in [3.05, 3.63) is 24.3 Å². The number of nitrogens with one attached hydrogen (secondary N) is 2. The summed E-state index contributed by atoms with van der Waals surface area (Å²) in [6.45, 7) is 7.84. The van der Waals surface area contributed by atoms with Crippen molar-refractivity contribution in [2.24, 2.45) is 5.92 Å². The molecule has 2 unspecified atom stereocenters. The van der Waals surface area contributed by atoms with E-state index in [1.54, 1.807) is 0 Å². The second-order valence-electron chi connectivity index (χ2n) is 6.87. The average Bonchev–Trinajstić information content (AvgIpc) is 2.73. The van der Waals surface area contributed by atoms with Crippen molar-refractivity contribution in [3.63, 3.8) is 0 Å². The van der Waals surface area contributed by atoms with E-state index in [2.05, 4.69) is 17.6 Å². The van der Waals surface area contributed by atoms with E-state index >= 15 is 0 Å². The smallest absolute Gasteiger partial charge is 0.412 e. The van der Waals surface area contributed by atoms with Crippen LogP contribution in [0, 0.1) is 5.92 Å². The molecule has 1 aromatic rings. The second-order valence-corrected chi connectivity index (χ2v) is 6.87. The highest BCUT2D eigenvalue weighted by Gasteiger charge is 2.23. The summed E-state index contributed by atoms with van der Waals surface area (Å²) in [6, 6.07) is 8.32. The third kappa shape index (κ3) is 4.96. The van der Waals surface area contributed by atoms with Crippen LogP contribution in [-0.4, -0.2) is 17.7 Å². The first kappa shape index (κ1) is 15.7. The number of benzene rings is 1. The summed E-state index contributed by atoms with van der Waals surface area (Å²) in [6.07, 6.45) is 3.36. The molecule has 1 fully saturated rings. The molecule has 0 aliphatic heterocycles. The maximum Gasteiger partial charge on any atom is 0.412 e. The standard InChI is InChI=1S/C17H26N2O2/c1-12-7-5-10-15(12)18-13-8-6-9-14(11-13)19-16(20)21-17(2,3)4/h6,8-9,11-12,15,18H,5,7,10H2,1-4H3,(H,19,20). The number of anilines is 2. The predicted molar refractivity (Wildman–Crippen MR) is 86.7 cm³/mol. The summed E-state index contributed by atoms with van der Waals surface area (Å²) in [5.74, 6) is 0.701. The van der Waals surface area contributed by atoms with Gasteiger partial charge in [0, 0.05) is 17.4 Å². The normalized spacial score (nSPS) is 21.9. The van der Waals surface area contributed by atoms with E-state index in [1.807, 2.05) is 45.0 Å². The van der Waals surface area contributed by atoms with Crippen LogP contribution < -0.4 is 10.6 Å². The summed E-state index contributed by atoms with van der Waals surface area (Å²) < 4.78 is 5.26. The van der Waals surface area contributed by atoms with Crippen LogP contribution in [0.2, 0.25) is 0 Å². The van der Waals surface area contributed by atoms with Crippen molar-refractivity contribution in [1.29, 1.82) is 0 Å². The molecule has 0 heterocycles. The van der Waals surface area contributed by atoms with Crippen molar-refractivity contribution in [3.8, 4) is 0 Å². The molecule has 1 amide bonds. The van der Waals surface area contributed by atoms with Gasteiger partial charge in [-0.15, -0.1) is 0 Å². The van der Waals surface area contributed by atoms with Gasteiger partial charge >= 0.3 is 6.09 Å². The lowest BCUT2D eigenvalue weighted by atomic mass is 10.1. The number of rotatable bonds is 3. The van der Waals surface area contributed by atoms with Crippen LogP contribution in [0.3, 0.4) is 0 Å². The molecule has 116 valence electrons. The van der Waals surface area contributed by atoms with Gasteiger partial charge in [0.25, 0.3) is 0 Å². The fourth-order valence-electron chi connectivity index (χ4n) is 2.68. The number of carbonyl (C=O) groups excluding carboxylic acids is 1. The molecule has 1 aromatic carbocycles. The Morgan fingerprint density at radius 1 is 1.24 bits per heavy atom. The molecule has 0 saturated heterocycles. The van der Waals surface area contributed by atoms with Gasteiger partial charge in [-0.1, -0.05) is 19.4 Å². The van der Waals surface area contributed by atoms with Crippen LogP contribution in [0.25, 0.3) is 0 Å². The Hall–Kier alpha value is -1.71. The lowest BCUT2D eigenvalue weighted by molar-refractivity contribution is 0.0636. The molecule has 0 spiro atoms. The molecule has 4 nitrogen and oxygen atoms in total. The molecular weight excluding hydrogens is 264 g/mol. The highest BCUT2D eigenvalue weighted by atomic mass is 16.6. The molecule has 1 aliphatic carbocycles. The molecule has 2 N–H and O–H groups in total. The number of hydrogen-bond donors (Lipinski definition) is 2. The monoisotopic (exact) mass is 290 g/mol. The van der Waals surface area contributed by atoms with Crippen LogP contribution in [0.15, 0.2) is 24.3 Å². The second kappa shape index (κ2) is 6.37. The van der Waals surface area contributed by atoms with Gasteiger partial charge in [-0.3, -0.25) is 5.32 Å². The fraction of sp³-hybridized carbons (Fsp3) is 0.588. The van der Waals surface area contributed by atoms with Crippen LogP contribution in [0.4, 0.5) is 16.2 Å². The van der Waals surface area contributed by atoms with E-state index in [1.165, 1.54) is 19.3 Å². The van der Waals surface area contributed by atoms with Gasteiger partial charge in [-0.2, -0.15) is 0 Å². The summed E-state index contributed by atoms with van der Waals surface area (Å²) in [4.78, 5) is 11.8. The lowest BCUT2D eigenvalue weighted by Crippen LogP contribution is -2.27. The Morgan fingerprint density at radius 3 is 2.57 bits per heavy atom. The van der Waals surface area contributed by atoms with Crippen LogP contribution in [0.5, 0.6) is 0 Å². The summed E-state index contributed by atoms with van der Waals surface area (Å²) >= 11 is 0. The number of carbonyl (C=O) groups is 1. The van der Waals surface area contributed by atoms with Gasteiger partial charge in [0.15, 0.2) is 0 Å². The Kier molecular flexibility index (Phi) is 4.76. The molecule has 0 bridgehead atoms. The topological polar surface area (TPSA) is 50.4 Å². The first-order chi connectivity index (χ1) is 9.83. The van der Waals surface area contributed by atoms with E-state index < -0.39 is 11.7 Å². The van der Waals surface area contributed by atoms with Crippen LogP contribution in [0.1, 0.15) is 47.0 Å². The average molecular weight is 290 g/mol. The van der Waals surface area contributed by atoms with E-state index in [0.717, 1.165) is 11.4 Å². The van der Waals surface area contributed by atoms with E-state index in [4.69, 9.17) is 4.74 Å². The molecule has 1 aliphatic rings. The number of ether oxygens (including phenoxy) is 1. The van der Waals surface area contributed by atoms with Crippen molar-refractivity contribution >= 4 is 17.5 Å². The quantitative estimate of drug-likeness (QED) is 0.853. The van der Waals surface area contributed by atoms with Gasteiger partial charge in [0.1, 0.15) is 5.60 Å². The number of amides is 1. The lowest BCUT2D eigenvalue weighted by Gasteiger charge is -2.21. The first-order valence-corrected chi connectivity index (χ1v) is 7.70. The summed E-state index contributed by atoms with van der Waals surface area (Å²) in [5, 5.41) is 6.33. The maximum absolute atomic E-state index is 11.8. The highest BCUT2D eigenvalue weighted by molar-refractivity contribution is 5.85. The SMILES string of the molecule is CC1CCCC1Nc1cccc(NC(=O)OC(C)(C)C)c1. The molecule has 0 aromatic heterocycles. The van der Waals surface area contributed by atoms with Gasteiger partial charge in [-0.05, 0) is 57.7 Å². The van der Waals surface area contributed by atoms with Gasteiger partial charge in [0.2, 0.25) is 0 Å². The fourth-order valence-corrected chi connectivity index (χ4v) is 2.68. The third-order valence-corrected chi connectivity index (χ3v) is 3.72. The Morgan fingerprint density at radius 2 is 1.95 bits per heavy atom. The zero-order valence-electron chi connectivity index (χ0n) is 13.4. The largest absolute Gasteiger partial charge is 0.444 e. The zero-order valence-corrected chi connectivity index (χ0v) is 13.4. The zero-order chi connectivity index (χ0) is 15.5. The molecule has 2 atom stereocenters. The van der Waals surface area contributed by atoms with Gasteiger partial charge in [-0.25, -0.2) is 4.79 Å². The summed E-state index contributed by atoms with van der Waals surface area (Å²) in [5.41, 5.74) is 1.31. The Balaban J connectivity index is 1.96. The molecule has 4 heteroatoms. The third-order valence-electron chi connectivity index (χ3n) is 3.72. The van der Waals surface area contributed by atoms with E-state index in [-0.39, 0.29) is 0 Å². The molecule has 21 heavy (non-hydrogen) atoms. The molecule has 2 rings (SSSR count). The minimum atomic E-state index is -0.487. The molecule has 0 radical (unpaired) electrons. The van der Waals surface area contributed by atoms with Crippen molar-refractivity contribution in [2.45, 2.75) is 58.6 Å². The predicted octanol–water partition coefficient (Wildman–Crippen LogP) is 4.63. The Bertz CT molecular complexity index is 494. The number of hydrogen-bond acceptors (Lipinski definition) is 3. The van der Waals surface area contributed by atoms with E-state index in [9.17, 15) is 4.79 Å². The van der Waals surface area contributed by atoms with Crippen LogP contribution >= 0.6 is 0 Å². The van der Waals surface area contributed by atoms with Crippen molar-refractivity contribution in [2.75, 3.05) is 10.6 Å². The van der Waals surface area contributed by atoms with E-state index in [0.29, 0.717) is 12.0 Å². The van der Waals surface area contributed by atoms with Gasteiger partial charge < -0.3 is 10.1 Å². The van der Waals surface area contributed by atoms with Gasteiger partial charge in [0.05, 0.1) is 0 Å². The minimum Gasteiger partial charge on any atom is -0.444 e. The first-order valence-electron chi connectivity index (χ1n) is 7.70.